The van der Waals surface area contributed by atoms with Gasteiger partial charge in [-0.15, -0.1) is 0 Å². The number of hydrogen-bond donors (Lipinski definition) is 1. The minimum atomic E-state index is -0.481. The van der Waals surface area contributed by atoms with Crippen molar-refractivity contribution in [3.8, 4) is 0 Å². The molecule has 2 rings (SSSR count). The zero-order valence-corrected chi connectivity index (χ0v) is 11.8. The standard InChI is InChI=1S/C15H13BrFNO/c16-11-4-7-14(17)13(9-11)15(19)8-3-10-1-5-12(18)6-2-10/h1-2,4-7,9H,3,8,18H2. The third kappa shape index (κ3) is 3.64. The summed E-state index contributed by atoms with van der Waals surface area (Å²) in [7, 11) is 0. The number of Topliss-reactive ketones (excluding diaryl/α,β-unsaturated/α-hetero) is 1. The first kappa shape index (κ1) is 13.7. The van der Waals surface area contributed by atoms with Crippen LogP contribution in [0.2, 0.25) is 0 Å². The Kier molecular flexibility index (Phi) is 4.32. The molecule has 2 nitrogen and oxygen atoms in total. The molecule has 19 heavy (non-hydrogen) atoms. The fourth-order valence-corrected chi connectivity index (χ4v) is 2.15. The monoisotopic (exact) mass is 321 g/mol. The lowest BCUT2D eigenvalue weighted by atomic mass is 10.0. The second kappa shape index (κ2) is 5.97. The van der Waals surface area contributed by atoms with Crippen molar-refractivity contribution < 1.29 is 9.18 Å². The maximum absolute atomic E-state index is 13.5. The molecule has 2 aromatic rings. The van der Waals surface area contributed by atoms with Crippen LogP contribution in [0.3, 0.4) is 0 Å². The van der Waals surface area contributed by atoms with Crippen molar-refractivity contribution in [1.82, 2.24) is 0 Å². The van der Waals surface area contributed by atoms with Gasteiger partial charge in [-0.1, -0.05) is 28.1 Å². The number of carbonyl (C=O) groups excluding carboxylic acids is 1. The summed E-state index contributed by atoms with van der Waals surface area (Å²) in [6, 6.07) is 11.7. The SMILES string of the molecule is Nc1ccc(CCC(=O)c2cc(Br)ccc2F)cc1. The molecule has 0 saturated carbocycles. The Hall–Kier alpha value is -1.68. The van der Waals surface area contributed by atoms with Gasteiger partial charge in [-0.25, -0.2) is 4.39 Å². The van der Waals surface area contributed by atoms with Crippen LogP contribution in [-0.2, 0) is 6.42 Å². The summed E-state index contributed by atoms with van der Waals surface area (Å²) in [4.78, 5) is 12.0. The number of hydrogen-bond acceptors (Lipinski definition) is 2. The summed E-state index contributed by atoms with van der Waals surface area (Å²) in [6.45, 7) is 0. The molecule has 0 aromatic heterocycles. The third-order valence-electron chi connectivity index (χ3n) is 2.85. The van der Waals surface area contributed by atoms with Gasteiger partial charge < -0.3 is 5.73 Å². The number of nitrogen functional groups attached to an aromatic ring is 1. The molecule has 0 amide bonds. The molecule has 0 saturated heterocycles. The lowest BCUT2D eigenvalue weighted by molar-refractivity contribution is 0.0979. The van der Waals surface area contributed by atoms with Crippen LogP contribution in [0.1, 0.15) is 22.3 Å². The smallest absolute Gasteiger partial charge is 0.166 e. The Morgan fingerprint density at radius 2 is 1.84 bits per heavy atom. The predicted octanol–water partition coefficient (Wildman–Crippen LogP) is 3.99. The molecular formula is C15H13BrFNO. The lowest BCUT2D eigenvalue weighted by Gasteiger charge is -2.04. The molecule has 0 radical (unpaired) electrons. The Labute approximate surface area is 119 Å². The van der Waals surface area contributed by atoms with Crippen molar-refractivity contribution in [3.63, 3.8) is 0 Å². The van der Waals surface area contributed by atoms with Gasteiger partial charge in [0.15, 0.2) is 5.78 Å². The van der Waals surface area contributed by atoms with Crippen LogP contribution in [0.4, 0.5) is 10.1 Å². The summed E-state index contributed by atoms with van der Waals surface area (Å²) in [5, 5.41) is 0. The third-order valence-corrected chi connectivity index (χ3v) is 3.34. The van der Waals surface area contributed by atoms with Gasteiger partial charge in [0.25, 0.3) is 0 Å². The summed E-state index contributed by atoms with van der Waals surface area (Å²) in [6.07, 6.45) is 0.850. The van der Waals surface area contributed by atoms with Gasteiger partial charge in [-0.3, -0.25) is 4.79 Å². The highest BCUT2D eigenvalue weighted by atomic mass is 79.9. The summed E-state index contributed by atoms with van der Waals surface area (Å²) in [5.41, 5.74) is 7.42. The fourth-order valence-electron chi connectivity index (χ4n) is 1.79. The van der Waals surface area contributed by atoms with Crippen molar-refractivity contribution in [3.05, 3.63) is 63.9 Å². The van der Waals surface area contributed by atoms with Crippen LogP contribution in [0.5, 0.6) is 0 Å². The lowest BCUT2D eigenvalue weighted by Crippen LogP contribution is -2.04. The van der Waals surface area contributed by atoms with Gasteiger partial charge >= 0.3 is 0 Å². The molecule has 0 fully saturated rings. The van der Waals surface area contributed by atoms with Crippen molar-refractivity contribution >= 4 is 27.4 Å². The normalized spacial score (nSPS) is 10.4. The van der Waals surface area contributed by atoms with Gasteiger partial charge in [0, 0.05) is 16.6 Å². The molecule has 2 N–H and O–H groups in total. The van der Waals surface area contributed by atoms with Crippen molar-refractivity contribution in [2.75, 3.05) is 5.73 Å². The highest BCUT2D eigenvalue weighted by molar-refractivity contribution is 9.10. The van der Waals surface area contributed by atoms with Crippen LogP contribution in [-0.4, -0.2) is 5.78 Å². The van der Waals surface area contributed by atoms with Gasteiger partial charge in [-0.05, 0) is 42.3 Å². The van der Waals surface area contributed by atoms with E-state index in [1.54, 1.807) is 18.2 Å². The molecule has 2 aromatic carbocycles. The van der Waals surface area contributed by atoms with E-state index in [4.69, 9.17) is 5.73 Å². The Balaban J connectivity index is 2.05. The molecule has 98 valence electrons. The van der Waals surface area contributed by atoms with Crippen LogP contribution in [0, 0.1) is 5.82 Å². The van der Waals surface area contributed by atoms with E-state index in [1.165, 1.54) is 12.1 Å². The Bertz CT molecular complexity index is 596. The molecule has 0 aliphatic rings. The molecular weight excluding hydrogens is 309 g/mol. The highest BCUT2D eigenvalue weighted by Gasteiger charge is 2.12. The number of ketones is 1. The van der Waals surface area contributed by atoms with Gasteiger partial charge in [0.1, 0.15) is 5.82 Å². The first-order chi connectivity index (χ1) is 9.06. The minimum absolute atomic E-state index is 0.129. The first-order valence-corrected chi connectivity index (χ1v) is 6.68. The Morgan fingerprint density at radius 3 is 2.53 bits per heavy atom. The van der Waals surface area contributed by atoms with Crippen molar-refractivity contribution in [2.24, 2.45) is 0 Å². The highest BCUT2D eigenvalue weighted by Crippen LogP contribution is 2.18. The Morgan fingerprint density at radius 1 is 1.16 bits per heavy atom. The quantitative estimate of drug-likeness (QED) is 0.683. The number of anilines is 1. The number of rotatable bonds is 4. The van der Waals surface area contributed by atoms with E-state index in [0.717, 1.165) is 5.56 Å². The molecule has 0 aliphatic carbocycles. The number of aryl methyl sites for hydroxylation is 1. The van der Waals surface area contributed by atoms with E-state index in [1.807, 2.05) is 12.1 Å². The topological polar surface area (TPSA) is 43.1 Å². The molecule has 0 atom stereocenters. The van der Waals surface area contributed by atoms with Gasteiger partial charge in [0.2, 0.25) is 0 Å². The maximum Gasteiger partial charge on any atom is 0.166 e. The summed E-state index contributed by atoms with van der Waals surface area (Å²) >= 11 is 3.24. The van der Waals surface area contributed by atoms with Crippen molar-refractivity contribution in [2.45, 2.75) is 12.8 Å². The van der Waals surface area contributed by atoms with E-state index in [9.17, 15) is 9.18 Å². The minimum Gasteiger partial charge on any atom is -0.399 e. The average Bonchev–Trinajstić information content (AvgIpc) is 2.40. The van der Waals surface area contributed by atoms with E-state index in [0.29, 0.717) is 16.6 Å². The fraction of sp³-hybridized carbons (Fsp3) is 0.133. The van der Waals surface area contributed by atoms with Crippen LogP contribution < -0.4 is 5.73 Å². The zero-order chi connectivity index (χ0) is 13.8. The second-order valence-corrected chi connectivity index (χ2v) is 5.20. The summed E-state index contributed by atoms with van der Waals surface area (Å²) in [5.74, 6) is -0.680. The number of benzene rings is 2. The second-order valence-electron chi connectivity index (χ2n) is 4.29. The van der Waals surface area contributed by atoms with E-state index < -0.39 is 5.82 Å². The van der Waals surface area contributed by atoms with Crippen LogP contribution in [0.15, 0.2) is 46.9 Å². The zero-order valence-electron chi connectivity index (χ0n) is 10.2. The van der Waals surface area contributed by atoms with E-state index in [-0.39, 0.29) is 17.8 Å². The maximum atomic E-state index is 13.5. The average molecular weight is 322 g/mol. The number of nitrogens with two attached hydrogens (primary N) is 1. The van der Waals surface area contributed by atoms with Crippen molar-refractivity contribution in [1.29, 1.82) is 0 Å². The molecule has 0 unspecified atom stereocenters. The largest absolute Gasteiger partial charge is 0.399 e. The van der Waals surface area contributed by atoms with E-state index in [2.05, 4.69) is 15.9 Å². The predicted molar refractivity (Wildman–Crippen MR) is 77.6 cm³/mol. The molecule has 4 heteroatoms. The van der Waals surface area contributed by atoms with E-state index >= 15 is 0 Å². The molecule has 0 heterocycles. The first-order valence-electron chi connectivity index (χ1n) is 5.89. The molecule has 0 spiro atoms. The summed E-state index contributed by atoms with van der Waals surface area (Å²) < 4.78 is 14.2. The van der Waals surface area contributed by atoms with Gasteiger partial charge in [-0.2, -0.15) is 0 Å². The molecule has 0 bridgehead atoms. The molecule has 0 aliphatic heterocycles. The number of halogens is 2. The van der Waals surface area contributed by atoms with Crippen LogP contribution in [0.25, 0.3) is 0 Å². The van der Waals surface area contributed by atoms with Gasteiger partial charge in [0.05, 0.1) is 5.56 Å². The number of carbonyl (C=O) groups is 1. The van der Waals surface area contributed by atoms with Crippen LogP contribution >= 0.6 is 15.9 Å².